The highest BCUT2D eigenvalue weighted by atomic mass is 16.5. The van der Waals surface area contributed by atoms with E-state index in [9.17, 15) is 4.79 Å². The van der Waals surface area contributed by atoms with Gasteiger partial charge in [0.15, 0.2) is 5.78 Å². The number of methoxy groups -OCH3 is 1. The summed E-state index contributed by atoms with van der Waals surface area (Å²) in [4.78, 5) is 11.7. The van der Waals surface area contributed by atoms with Gasteiger partial charge in [-0.3, -0.25) is 4.79 Å². The predicted molar refractivity (Wildman–Crippen MR) is 54.4 cm³/mol. The molecular weight excluding hydrogens is 176 g/mol. The van der Waals surface area contributed by atoms with E-state index in [1.807, 2.05) is 24.3 Å². The van der Waals surface area contributed by atoms with Crippen LogP contribution in [0.4, 0.5) is 0 Å². The van der Waals surface area contributed by atoms with E-state index < -0.39 is 0 Å². The van der Waals surface area contributed by atoms with Crippen LogP contribution in [-0.4, -0.2) is 12.9 Å². The summed E-state index contributed by atoms with van der Waals surface area (Å²) in [5.41, 5.74) is 1.90. The summed E-state index contributed by atoms with van der Waals surface area (Å²) in [6, 6.07) is 7.76. The van der Waals surface area contributed by atoms with Gasteiger partial charge < -0.3 is 4.74 Å². The Labute approximate surface area is 83.9 Å². The van der Waals surface area contributed by atoms with E-state index in [1.165, 1.54) is 0 Å². The van der Waals surface area contributed by atoms with Crippen molar-refractivity contribution >= 4 is 5.78 Å². The van der Waals surface area contributed by atoms with Gasteiger partial charge in [0.05, 0.1) is 6.10 Å². The van der Waals surface area contributed by atoms with E-state index in [1.54, 1.807) is 7.11 Å². The summed E-state index contributed by atoms with van der Waals surface area (Å²) in [7, 11) is 1.71. The third-order valence-corrected chi connectivity index (χ3v) is 2.76. The second-order valence-electron chi connectivity index (χ2n) is 3.63. The molecule has 0 fully saturated rings. The largest absolute Gasteiger partial charge is 0.377 e. The van der Waals surface area contributed by atoms with Gasteiger partial charge in [0.1, 0.15) is 0 Å². The summed E-state index contributed by atoms with van der Waals surface area (Å²) in [5, 5.41) is 0. The molecule has 0 aliphatic heterocycles. The first-order chi connectivity index (χ1) is 6.83. The van der Waals surface area contributed by atoms with Crippen molar-refractivity contribution in [2.75, 3.05) is 7.11 Å². The molecule has 0 saturated heterocycles. The number of fused-ring (bicyclic) bond motifs is 1. The summed E-state index contributed by atoms with van der Waals surface area (Å²) in [6.07, 6.45) is 2.61. The summed E-state index contributed by atoms with van der Waals surface area (Å²) >= 11 is 0. The van der Waals surface area contributed by atoms with Crippen molar-refractivity contribution in [1.29, 1.82) is 0 Å². The van der Waals surface area contributed by atoms with Gasteiger partial charge in [0.2, 0.25) is 0 Å². The zero-order chi connectivity index (χ0) is 9.97. The van der Waals surface area contributed by atoms with Gasteiger partial charge in [0, 0.05) is 19.1 Å². The van der Waals surface area contributed by atoms with Crippen LogP contribution < -0.4 is 0 Å². The Morgan fingerprint density at radius 1 is 1.36 bits per heavy atom. The van der Waals surface area contributed by atoms with Gasteiger partial charge >= 0.3 is 0 Å². The van der Waals surface area contributed by atoms with Gasteiger partial charge in [-0.15, -0.1) is 0 Å². The highest BCUT2D eigenvalue weighted by Gasteiger charge is 2.22. The molecule has 0 spiro atoms. The molecule has 1 aromatic rings. The fourth-order valence-electron chi connectivity index (χ4n) is 2.01. The van der Waals surface area contributed by atoms with Crippen molar-refractivity contribution in [1.82, 2.24) is 0 Å². The van der Waals surface area contributed by atoms with Gasteiger partial charge in [-0.1, -0.05) is 24.3 Å². The number of ether oxygens (including phenoxy) is 1. The number of carbonyl (C=O) groups excluding carboxylic acids is 1. The lowest BCUT2D eigenvalue weighted by atomic mass is 10.0. The number of hydrogen-bond donors (Lipinski definition) is 0. The SMILES string of the molecule is COC1CCCC(=O)c2ccccc21. The molecule has 1 aliphatic rings. The van der Waals surface area contributed by atoms with Crippen LogP contribution in [0.2, 0.25) is 0 Å². The third-order valence-electron chi connectivity index (χ3n) is 2.76. The average molecular weight is 190 g/mol. The molecule has 0 heterocycles. The Hall–Kier alpha value is -1.15. The van der Waals surface area contributed by atoms with Crippen molar-refractivity contribution < 1.29 is 9.53 Å². The summed E-state index contributed by atoms with van der Waals surface area (Å²) < 4.78 is 5.39. The zero-order valence-electron chi connectivity index (χ0n) is 8.32. The fourth-order valence-corrected chi connectivity index (χ4v) is 2.01. The third kappa shape index (κ3) is 1.58. The van der Waals surface area contributed by atoms with Crippen LogP contribution in [0.1, 0.15) is 41.3 Å². The smallest absolute Gasteiger partial charge is 0.163 e. The topological polar surface area (TPSA) is 26.3 Å². The Balaban J connectivity index is 2.47. The Bertz CT molecular complexity index is 344. The maximum atomic E-state index is 11.7. The first-order valence-electron chi connectivity index (χ1n) is 4.98. The maximum Gasteiger partial charge on any atom is 0.163 e. The quantitative estimate of drug-likeness (QED) is 0.636. The first-order valence-corrected chi connectivity index (χ1v) is 4.98. The number of benzene rings is 1. The molecule has 0 N–H and O–H groups in total. The van der Waals surface area contributed by atoms with E-state index in [0.29, 0.717) is 6.42 Å². The van der Waals surface area contributed by atoms with E-state index >= 15 is 0 Å². The van der Waals surface area contributed by atoms with Crippen LogP contribution in [0.5, 0.6) is 0 Å². The molecule has 74 valence electrons. The highest BCUT2D eigenvalue weighted by molar-refractivity contribution is 5.97. The van der Waals surface area contributed by atoms with Crippen molar-refractivity contribution in [3.8, 4) is 0 Å². The lowest BCUT2D eigenvalue weighted by Gasteiger charge is -2.14. The molecule has 0 bridgehead atoms. The molecule has 1 atom stereocenters. The normalized spacial score (nSPS) is 21.5. The minimum absolute atomic E-state index is 0.0950. The molecule has 14 heavy (non-hydrogen) atoms. The van der Waals surface area contributed by atoms with Crippen molar-refractivity contribution in [3.63, 3.8) is 0 Å². The second-order valence-corrected chi connectivity index (χ2v) is 3.63. The molecule has 1 unspecified atom stereocenters. The van der Waals surface area contributed by atoms with Gasteiger partial charge in [-0.05, 0) is 18.4 Å². The lowest BCUT2D eigenvalue weighted by Crippen LogP contribution is -2.04. The summed E-state index contributed by atoms with van der Waals surface area (Å²) in [6.45, 7) is 0. The molecular formula is C12H14O2. The molecule has 0 radical (unpaired) electrons. The molecule has 2 rings (SSSR count). The van der Waals surface area contributed by atoms with Crippen LogP contribution in [-0.2, 0) is 4.74 Å². The molecule has 1 aliphatic carbocycles. The minimum Gasteiger partial charge on any atom is -0.377 e. The predicted octanol–water partition coefficient (Wildman–Crippen LogP) is 2.74. The number of Topliss-reactive ketones (excluding diaryl/α,β-unsaturated/α-hetero) is 1. The Kier molecular flexibility index (Phi) is 2.64. The van der Waals surface area contributed by atoms with E-state index in [2.05, 4.69) is 0 Å². The monoisotopic (exact) mass is 190 g/mol. The van der Waals surface area contributed by atoms with Crippen molar-refractivity contribution in [2.24, 2.45) is 0 Å². The van der Waals surface area contributed by atoms with Gasteiger partial charge in [-0.25, -0.2) is 0 Å². The molecule has 1 aromatic carbocycles. The number of ketones is 1. The molecule has 0 amide bonds. The maximum absolute atomic E-state index is 11.7. The van der Waals surface area contributed by atoms with Crippen LogP contribution in [0.25, 0.3) is 0 Å². The number of hydrogen-bond acceptors (Lipinski definition) is 2. The van der Waals surface area contributed by atoms with Gasteiger partial charge in [0.25, 0.3) is 0 Å². The standard InChI is InChI=1S/C12H14O2/c1-14-12-8-4-7-11(13)9-5-2-3-6-10(9)12/h2-3,5-6,12H,4,7-8H2,1H3. The fraction of sp³-hybridized carbons (Fsp3) is 0.417. The van der Waals surface area contributed by atoms with E-state index in [-0.39, 0.29) is 11.9 Å². The summed E-state index contributed by atoms with van der Waals surface area (Å²) in [5.74, 6) is 0.250. The minimum atomic E-state index is 0.0950. The second kappa shape index (κ2) is 3.93. The van der Waals surface area contributed by atoms with Crippen LogP contribution in [0.15, 0.2) is 24.3 Å². The molecule has 2 nitrogen and oxygen atoms in total. The zero-order valence-corrected chi connectivity index (χ0v) is 8.32. The Morgan fingerprint density at radius 3 is 2.93 bits per heavy atom. The van der Waals surface area contributed by atoms with E-state index in [0.717, 1.165) is 24.0 Å². The average Bonchev–Trinajstić information content (AvgIpc) is 2.39. The first kappa shape index (κ1) is 9.41. The lowest BCUT2D eigenvalue weighted by molar-refractivity contribution is 0.0945. The Morgan fingerprint density at radius 2 is 2.14 bits per heavy atom. The van der Waals surface area contributed by atoms with Crippen LogP contribution >= 0.6 is 0 Å². The molecule has 0 aromatic heterocycles. The van der Waals surface area contributed by atoms with Crippen LogP contribution in [0, 0.1) is 0 Å². The molecule has 0 saturated carbocycles. The number of carbonyl (C=O) groups is 1. The van der Waals surface area contributed by atoms with Crippen molar-refractivity contribution in [3.05, 3.63) is 35.4 Å². The van der Waals surface area contributed by atoms with Gasteiger partial charge in [-0.2, -0.15) is 0 Å². The highest BCUT2D eigenvalue weighted by Crippen LogP contribution is 2.30. The number of rotatable bonds is 1. The van der Waals surface area contributed by atoms with E-state index in [4.69, 9.17) is 4.74 Å². The van der Waals surface area contributed by atoms with Crippen molar-refractivity contribution in [2.45, 2.75) is 25.4 Å². The molecule has 2 heteroatoms. The van der Waals surface area contributed by atoms with Crippen LogP contribution in [0.3, 0.4) is 0 Å².